The average Bonchev–Trinajstić information content (AvgIpc) is 3.27. The summed E-state index contributed by atoms with van der Waals surface area (Å²) in [6.45, 7) is 9.82. The molecule has 1 aliphatic rings. The van der Waals surface area contributed by atoms with E-state index in [9.17, 15) is 4.79 Å². The molecule has 0 spiro atoms. The molecule has 0 fully saturated rings. The summed E-state index contributed by atoms with van der Waals surface area (Å²) in [4.78, 5) is 14.5. The molecule has 2 aromatic heterocycles. The molecule has 0 saturated heterocycles. The van der Waals surface area contributed by atoms with E-state index in [1.54, 1.807) is 6.26 Å². The van der Waals surface area contributed by atoms with E-state index >= 15 is 0 Å². The Balaban J connectivity index is 1.68. The number of ether oxygens (including phenoxy) is 1. The summed E-state index contributed by atoms with van der Waals surface area (Å²) < 4.78 is 12.5. The molecule has 1 amide bonds. The zero-order valence-corrected chi connectivity index (χ0v) is 17.7. The number of nitrogens with one attached hydrogen (secondary N) is 1. The molecule has 0 saturated carbocycles. The van der Waals surface area contributed by atoms with Crippen LogP contribution >= 0.6 is 0 Å². The second-order valence-corrected chi connectivity index (χ2v) is 7.88. The maximum atomic E-state index is 12.1. The van der Waals surface area contributed by atoms with Gasteiger partial charge in [0.1, 0.15) is 18.2 Å². The summed E-state index contributed by atoms with van der Waals surface area (Å²) in [6, 6.07) is 3.67. The van der Waals surface area contributed by atoms with Gasteiger partial charge in [0.25, 0.3) is 0 Å². The van der Waals surface area contributed by atoms with Crippen molar-refractivity contribution < 1.29 is 13.9 Å². The quantitative estimate of drug-likeness (QED) is 0.731. The normalized spacial score (nSPS) is 16.5. The van der Waals surface area contributed by atoms with Gasteiger partial charge in [-0.1, -0.05) is 19.4 Å². The molecule has 3 heterocycles. The molecule has 1 atom stereocenters. The monoisotopic (exact) mass is 401 g/mol. The van der Waals surface area contributed by atoms with Crippen LogP contribution in [0.25, 0.3) is 6.08 Å². The summed E-state index contributed by atoms with van der Waals surface area (Å²) in [5.41, 5.74) is 1.25. The third-order valence-corrected chi connectivity index (χ3v) is 5.09. The lowest BCUT2D eigenvalue weighted by molar-refractivity contribution is -0.125. The second kappa shape index (κ2) is 9.84. The van der Waals surface area contributed by atoms with Gasteiger partial charge in [0.2, 0.25) is 5.91 Å². The number of hydrogen-bond acceptors (Lipinski definition) is 6. The predicted molar refractivity (Wildman–Crippen MR) is 110 cm³/mol. The van der Waals surface area contributed by atoms with Crippen molar-refractivity contribution in [1.29, 1.82) is 0 Å². The Labute approximate surface area is 171 Å². The van der Waals surface area contributed by atoms with Crippen LogP contribution in [0.3, 0.4) is 0 Å². The number of nitrogens with zero attached hydrogens (tertiary/aromatic N) is 4. The van der Waals surface area contributed by atoms with Gasteiger partial charge in [0.05, 0.1) is 12.3 Å². The van der Waals surface area contributed by atoms with Crippen molar-refractivity contribution in [3.63, 3.8) is 0 Å². The lowest BCUT2D eigenvalue weighted by Gasteiger charge is -2.23. The van der Waals surface area contributed by atoms with Crippen LogP contribution < -0.4 is 5.32 Å². The highest BCUT2D eigenvalue weighted by Crippen LogP contribution is 2.22. The van der Waals surface area contributed by atoms with Crippen LogP contribution in [0.15, 0.2) is 28.4 Å². The summed E-state index contributed by atoms with van der Waals surface area (Å²) in [6.07, 6.45) is 4.60. The van der Waals surface area contributed by atoms with Crippen LogP contribution in [-0.2, 0) is 22.5 Å². The van der Waals surface area contributed by atoms with Gasteiger partial charge in [-0.05, 0) is 31.1 Å². The molecule has 29 heavy (non-hydrogen) atoms. The predicted octanol–water partition coefficient (Wildman–Crippen LogP) is 2.29. The van der Waals surface area contributed by atoms with Crippen LogP contribution in [-0.4, -0.2) is 58.9 Å². The molecule has 1 aliphatic heterocycles. The molecule has 2 aromatic rings. The van der Waals surface area contributed by atoms with Crippen molar-refractivity contribution in [2.45, 2.75) is 39.8 Å². The second-order valence-electron chi connectivity index (χ2n) is 7.88. The zero-order chi connectivity index (χ0) is 20.8. The minimum Gasteiger partial charge on any atom is -0.465 e. The van der Waals surface area contributed by atoms with Gasteiger partial charge in [0, 0.05) is 39.7 Å². The Kier molecular flexibility index (Phi) is 7.22. The number of rotatable bonds is 8. The standard InChI is InChI=1S/C21H31N5O3/c1-15(2)20(22-19(27)14-28-4)21-24-23-18-7-8-25(9-10-26(18)21)13-16(3)12-17-6-5-11-29-17/h5-6,11-12,15,20H,7-10,13-14H2,1-4H3,(H,22,27)/b16-12+. The van der Waals surface area contributed by atoms with Crippen LogP contribution in [0.2, 0.25) is 0 Å². The van der Waals surface area contributed by atoms with Crippen LogP contribution in [0.4, 0.5) is 0 Å². The van der Waals surface area contributed by atoms with E-state index < -0.39 is 0 Å². The summed E-state index contributed by atoms with van der Waals surface area (Å²) >= 11 is 0. The van der Waals surface area contributed by atoms with Crippen molar-refractivity contribution in [3.8, 4) is 0 Å². The molecule has 1 N–H and O–H groups in total. The number of carbonyl (C=O) groups is 1. The fourth-order valence-corrected chi connectivity index (χ4v) is 3.67. The molecule has 158 valence electrons. The first-order chi connectivity index (χ1) is 14.0. The van der Waals surface area contributed by atoms with E-state index in [0.717, 1.165) is 50.0 Å². The SMILES string of the molecule is COCC(=O)NC(c1nnc2n1CCN(C/C(C)=C/c1ccco1)CC2)C(C)C. The van der Waals surface area contributed by atoms with E-state index in [-0.39, 0.29) is 24.5 Å². The number of amides is 1. The van der Waals surface area contributed by atoms with Crippen LogP contribution in [0, 0.1) is 5.92 Å². The summed E-state index contributed by atoms with van der Waals surface area (Å²) in [7, 11) is 1.52. The fraction of sp³-hybridized carbons (Fsp3) is 0.571. The number of methoxy groups -OCH3 is 1. The minimum absolute atomic E-state index is 0.0409. The first-order valence-electron chi connectivity index (χ1n) is 10.1. The highest BCUT2D eigenvalue weighted by atomic mass is 16.5. The largest absolute Gasteiger partial charge is 0.465 e. The molecule has 1 unspecified atom stereocenters. The fourth-order valence-electron chi connectivity index (χ4n) is 3.67. The van der Waals surface area contributed by atoms with Gasteiger partial charge in [0.15, 0.2) is 5.82 Å². The number of hydrogen-bond donors (Lipinski definition) is 1. The van der Waals surface area contributed by atoms with Crippen molar-refractivity contribution in [2.24, 2.45) is 5.92 Å². The van der Waals surface area contributed by atoms with Crippen LogP contribution in [0.5, 0.6) is 0 Å². The summed E-state index contributed by atoms with van der Waals surface area (Å²) in [5.74, 6) is 2.73. The molecule has 3 rings (SSSR count). The van der Waals surface area contributed by atoms with Gasteiger partial charge in [-0.15, -0.1) is 10.2 Å². The van der Waals surface area contributed by atoms with Gasteiger partial charge >= 0.3 is 0 Å². The van der Waals surface area contributed by atoms with E-state index in [1.807, 2.05) is 12.1 Å². The third kappa shape index (κ3) is 5.55. The van der Waals surface area contributed by atoms with Crippen molar-refractivity contribution in [3.05, 3.63) is 41.4 Å². The van der Waals surface area contributed by atoms with E-state index in [2.05, 4.69) is 51.8 Å². The van der Waals surface area contributed by atoms with E-state index in [4.69, 9.17) is 9.15 Å². The van der Waals surface area contributed by atoms with Crippen molar-refractivity contribution >= 4 is 12.0 Å². The maximum Gasteiger partial charge on any atom is 0.246 e. The Morgan fingerprint density at radius 1 is 1.34 bits per heavy atom. The topological polar surface area (TPSA) is 85.4 Å². The molecule has 0 radical (unpaired) electrons. The maximum absolute atomic E-state index is 12.1. The number of fused-ring (bicyclic) bond motifs is 1. The zero-order valence-electron chi connectivity index (χ0n) is 17.7. The van der Waals surface area contributed by atoms with Gasteiger partial charge < -0.3 is 19.0 Å². The summed E-state index contributed by atoms with van der Waals surface area (Å²) in [5, 5.41) is 11.9. The number of aromatic nitrogens is 3. The van der Waals surface area contributed by atoms with Crippen molar-refractivity contribution in [2.75, 3.05) is 33.4 Å². The molecule has 8 nitrogen and oxygen atoms in total. The highest BCUT2D eigenvalue weighted by molar-refractivity contribution is 5.77. The number of carbonyl (C=O) groups excluding carboxylic acids is 1. The van der Waals surface area contributed by atoms with E-state index in [1.165, 1.54) is 12.7 Å². The molecule has 0 aliphatic carbocycles. The number of furan rings is 1. The molecule has 0 bridgehead atoms. The van der Waals surface area contributed by atoms with Gasteiger partial charge in [-0.2, -0.15) is 0 Å². The molecule has 0 aromatic carbocycles. The Morgan fingerprint density at radius 2 is 2.17 bits per heavy atom. The smallest absolute Gasteiger partial charge is 0.246 e. The molecular weight excluding hydrogens is 370 g/mol. The minimum atomic E-state index is -0.189. The Hall–Kier alpha value is -2.45. The first kappa shape index (κ1) is 21.3. The van der Waals surface area contributed by atoms with E-state index in [0.29, 0.717) is 0 Å². The molecular formula is C21H31N5O3. The highest BCUT2D eigenvalue weighted by Gasteiger charge is 2.27. The molecule has 8 heteroatoms. The van der Waals surface area contributed by atoms with Gasteiger partial charge in [-0.25, -0.2) is 0 Å². The van der Waals surface area contributed by atoms with Crippen molar-refractivity contribution in [1.82, 2.24) is 25.0 Å². The van der Waals surface area contributed by atoms with Gasteiger partial charge in [-0.3, -0.25) is 9.69 Å². The Bertz CT molecular complexity index is 825. The Morgan fingerprint density at radius 3 is 2.86 bits per heavy atom. The lowest BCUT2D eigenvalue weighted by atomic mass is 10.0. The van der Waals surface area contributed by atoms with Crippen LogP contribution in [0.1, 0.15) is 44.2 Å². The third-order valence-electron chi connectivity index (χ3n) is 5.09. The average molecular weight is 402 g/mol. The first-order valence-corrected chi connectivity index (χ1v) is 10.1. The lowest BCUT2D eigenvalue weighted by Crippen LogP contribution is -2.36.